The number of carbonyl (C=O) groups is 1. The van der Waals surface area contributed by atoms with Crippen molar-refractivity contribution in [2.24, 2.45) is 0 Å². The highest BCUT2D eigenvalue weighted by Gasteiger charge is 2.32. The Kier molecular flexibility index (Phi) is 5.53. The molecule has 7 heteroatoms. The van der Waals surface area contributed by atoms with Crippen molar-refractivity contribution in [1.29, 1.82) is 0 Å². The minimum absolute atomic E-state index is 0.00342. The number of rotatable bonds is 5. The van der Waals surface area contributed by atoms with Crippen LogP contribution in [-0.2, 0) is 10.0 Å². The molecule has 2 aromatic rings. The molecule has 3 rings (SSSR count). The molecule has 0 radical (unpaired) electrons. The van der Waals surface area contributed by atoms with Gasteiger partial charge in [-0.1, -0.05) is 30.3 Å². The highest BCUT2D eigenvalue weighted by molar-refractivity contribution is 7.89. The summed E-state index contributed by atoms with van der Waals surface area (Å²) >= 11 is 0. The predicted octanol–water partition coefficient (Wildman–Crippen LogP) is 2.92. The van der Waals surface area contributed by atoms with Crippen molar-refractivity contribution in [3.63, 3.8) is 0 Å². The molecule has 0 saturated carbocycles. The number of hydrogen-bond acceptors (Lipinski definition) is 4. The lowest BCUT2D eigenvalue weighted by atomic mass is 10.0. The Bertz CT molecular complexity index is 926. The standard InChI is InChI=1S/C20H24N2O4S/c1-21(2)27(24,25)19-14-16(11-12-18(19)26-3)20(23)22-13-7-10-17(22)15-8-5-4-6-9-15/h4-6,8-9,11-12,14,17H,7,10,13H2,1-3H3. The summed E-state index contributed by atoms with van der Waals surface area (Å²) in [7, 11) is 0.594. The van der Waals surface area contributed by atoms with Crippen molar-refractivity contribution in [3.05, 3.63) is 59.7 Å². The van der Waals surface area contributed by atoms with Crippen molar-refractivity contribution in [2.45, 2.75) is 23.8 Å². The van der Waals surface area contributed by atoms with Gasteiger partial charge in [0, 0.05) is 26.2 Å². The van der Waals surface area contributed by atoms with Crippen LogP contribution >= 0.6 is 0 Å². The molecule has 27 heavy (non-hydrogen) atoms. The van der Waals surface area contributed by atoms with Gasteiger partial charge in [-0.25, -0.2) is 12.7 Å². The van der Waals surface area contributed by atoms with Gasteiger partial charge in [0.15, 0.2) is 0 Å². The van der Waals surface area contributed by atoms with Gasteiger partial charge in [0.05, 0.1) is 13.2 Å². The quantitative estimate of drug-likeness (QED) is 0.790. The fourth-order valence-corrected chi connectivity index (χ4v) is 4.48. The molecule has 1 amide bonds. The third-order valence-electron chi connectivity index (χ3n) is 4.87. The van der Waals surface area contributed by atoms with E-state index in [9.17, 15) is 13.2 Å². The Morgan fingerprint density at radius 2 is 1.85 bits per heavy atom. The van der Waals surface area contributed by atoms with Crippen molar-refractivity contribution < 1.29 is 17.9 Å². The molecule has 1 fully saturated rings. The highest BCUT2D eigenvalue weighted by Crippen LogP contribution is 2.34. The monoisotopic (exact) mass is 388 g/mol. The molecular formula is C20H24N2O4S. The largest absolute Gasteiger partial charge is 0.495 e. The Balaban J connectivity index is 1.98. The fraction of sp³-hybridized carbons (Fsp3) is 0.350. The van der Waals surface area contributed by atoms with Crippen molar-refractivity contribution in [2.75, 3.05) is 27.7 Å². The van der Waals surface area contributed by atoms with E-state index in [1.807, 2.05) is 35.2 Å². The van der Waals surface area contributed by atoms with Crippen LogP contribution < -0.4 is 4.74 Å². The summed E-state index contributed by atoms with van der Waals surface area (Å²) in [5, 5.41) is 0. The molecule has 144 valence electrons. The molecular weight excluding hydrogens is 364 g/mol. The minimum Gasteiger partial charge on any atom is -0.495 e. The van der Waals surface area contributed by atoms with Gasteiger partial charge in [-0.2, -0.15) is 0 Å². The molecule has 1 saturated heterocycles. The fourth-order valence-electron chi connectivity index (χ4n) is 3.41. The summed E-state index contributed by atoms with van der Waals surface area (Å²) in [5.74, 6) is 0.0560. The molecule has 0 spiro atoms. The van der Waals surface area contributed by atoms with E-state index in [-0.39, 0.29) is 22.6 Å². The number of sulfonamides is 1. The number of carbonyl (C=O) groups excluding carboxylic acids is 1. The summed E-state index contributed by atoms with van der Waals surface area (Å²) < 4.78 is 31.5. The van der Waals surface area contributed by atoms with E-state index in [0.29, 0.717) is 12.1 Å². The summed E-state index contributed by atoms with van der Waals surface area (Å²) in [5.41, 5.74) is 1.44. The topological polar surface area (TPSA) is 66.9 Å². The molecule has 6 nitrogen and oxygen atoms in total. The predicted molar refractivity (Wildman–Crippen MR) is 103 cm³/mol. The van der Waals surface area contributed by atoms with Crippen LogP contribution in [0.3, 0.4) is 0 Å². The second-order valence-corrected chi connectivity index (χ2v) is 8.84. The van der Waals surface area contributed by atoms with E-state index in [0.717, 1.165) is 22.7 Å². The number of benzene rings is 2. The first kappa shape index (κ1) is 19.4. The molecule has 1 unspecified atom stereocenters. The average molecular weight is 388 g/mol. The van der Waals surface area contributed by atoms with Gasteiger partial charge in [0.1, 0.15) is 10.6 Å². The van der Waals surface area contributed by atoms with Crippen LogP contribution in [0.4, 0.5) is 0 Å². The number of amides is 1. The Morgan fingerprint density at radius 1 is 1.15 bits per heavy atom. The first-order chi connectivity index (χ1) is 12.9. The second-order valence-electron chi connectivity index (χ2n) is 6.72. The summed E-state index contributed by atoms with van der Waals surface area (Å²) in [6.45, 7) is 0.653. The van der Waals surface area contributed by atoms with E-state index in [4.69, 9.17) is 4.74 Å². The van der Waals surface area contributed by atoms with Crippen LogP contribution in [0.2, 0.25) is 0 Å². The number of ether oxygens (including phenoxy) is 1. The third kappa shape index (κ3) is 3.70. The van der Waals surface area contributed by atoms with Gasteiger partial charge in [0.25, 0.3) is 5.91 Å². The number of hydrogen-bond donors (Lipinski definition) is 0. The zero-order valence-electron chi connectivity index (χ0n) is 15.8. The van der Waals surface area contributed by atoms with Gasteiger partial charge in [-0.15, -0.1) is 0 Å². The summed E-state index contributed by atoms with van der Waals surface area (Å²) in [4.78, 5) is 15.0. The highest BCUT2D eigenvalue weighted by atomic mass is 32.2. The molecule has 0 bridgehead atoms. The molecule has 0 aliphatic carbocycles. The SMILES string of the molecule is COc1ccc(C(=O)N2CCCC2c2ccccc2)cc1S(=O)(=O)N(C)C. The van der Waals surface area contributed by atoms with Crippen molar-refractivity contribution >= 4 is 15.9 Å². The molecule has 1 atom stereocenters. The first-order valence-electron chi connectivity index (χ1n) is 8.82. The van der Waals surface area contributed by atoms with Crippen LogP contribution in [0.15, 0.2) is 53.4 Å². The first-order valence-corrected chi connectivity index (χ1v) is 10.3. The van der Waals surface area contributed by atoms with E-state index in [1.165, 1.54) is 33.3 Å². The van der Waals surface area contributed by atoms with Crippen LogP contribution in [0.5, 0.6) is 5.75 Å². The van der Waals surface area contributed by atoms with Gasteiger partial charge in [-0.3, -0.25) is 4.79 Å². The lowest BCUT2D eigenvalue weighted by Crippen LogP contribution is -2.31. The normalized spacial score (nSPS) is 17.3. The lowest BCUT2D eigenvalue weighted by molar-refractivity contribution is 0.0735. The van der Waals surface area contributed by atoms with E-state index in [1.54, 1.807) is 6.07 Å². The smallest absolute Gasteiger partial charge is 0.254 e. The van der Waals surface area contributed by atoms with Crippen LogP contribution in [0, 0.1) is 0 Å². The second kappa shape index (κ2) is 7.70. The average Bonchev–Trinajstić information content (AvgIpc) is 3.17. The van der Waals surface area contributed by atoms with Gasteiger partial charge in [-0.05, 0) is 36.6 Å². The van der Waals surface area contributed by atoms with E-state index < -0.39 is 10.0 Å². The number of methoxy groups -OCH3 is 1. The zero-order chi connectivity index (χ0) is 19.6. The maximum absolute atomic E-state index is 13.2. The number of likely N-dealkylation sites (tertiary alicyclic amines) is 1. The van der Waals surface area contributed by atoms with Gasteiger partial charge in [0.2, 0.25) is 10.0 Å². The Hall–Kier alpha value is -2.38. The molecule has 2 aromatic carbocycles. The van der Waals surface area contributed by atoms with Gasteiger partial charge >= 0.3 is 0 Å². The Labute approximate surface area is 160 Å². The summed E-state index contributed by atoms with van der Waals surface area (Å²) in [6, 6.07) is 14.5. The number of nitrogens with zero attached hydrogens (tertiary/aromatic N) is 2. The molecule has 1 aliphatic heterocycles. The minimum atomic E-state index is -3.73. The van der Waals surface area contributed by atoms with Crippen LogP contribution in [-0.4, -0.2) is 51.3 Å². The zero-order valence-corrected chi connectivity index (χ0v) is 16.6. The van der Waals surface area contributed by atoms with Crippen LogP contribution in [0.1, 0.15) is 34.8 Å². The Morgan fingerprint density at radius 3 is 2.48 bits per heavy atom. The lowest BCUT2D eigenvalue weighted by Gasteiger charge is -2.25. The van der Waals surface area contributed by atoms with Gasteiger partial charge < -0.3 is 9.64 Å². The molecule has 0 aromatic heterocycles. The van der Waals surface area contributed by atoms with E-state index in [2.05, 4.69) is 0 Å². The molecule has 1 aliphatic rings. The molecule has 0 N–H and O–H groups in total. The summed E-state index contributed by atoms with van der Waals surface area (Å²) in [6.07, 6.45) is 1.82. The van der Waals surface area contributed by atoms with Crippen molar-refractivity contribution in [3.8, 4) is 5.75 Å². The van der Waals surface area contributed by atoms with E-state index >= 15 is 0 Å². The third-order valence-corrected chi connectivity index (χ3v) is 6.70. The maximum atomic E-state index is 13.2. The molecule has 1 heterocycles. The van der Waals surface area contributed by atoms with Crippen molar-refractivity contribution in [1.82, 2.24) is 9.21 Å². The van der Waals surface area contributed by atoms with Crippen LogP contribution in [0.25, 0.3) is 0 Å². The maximum Gasteiger partial charge on any atom is 0.254 e.